The van der Waals surface area contributed by atoms with Crippen LogP contribution in [0.15, 0.2) is 67.0 Å². The lowest BCUT2D eigenvalue weighted by Gasteiger charge is -2.42. The van der Waals surface area contributed by atoms with Crippen molar-refractivity contribution in [1.29, 1.82) is 0 Å². The SMILES string of the molecule is COc1ccccc1-n1cc(CN2CCC[C@@](CO)(Cc3ccccc3)C2)cn1. The largest absolute Gasteiger partial charge is 0.494 e. The summed E-state index contributed by atoms with van der Waals surface area (Å²) in [6.45, 7) is 3.01. The molecular formula is C24H29N3O2. The predicted molar refractivity (Wildman–Crippen MR) is 114 cm³/mol. The van der Waals surface area contributed by atoms with Crippen LogP contribution >= 0.6 is 0 Å². The van der Waals surface area contributed by atoms with Gasteiger partial charge in [-0.25, -0.2) is 4.68 Å². The molecule has 0 bridgehead atoms. The average Bonchev–Trinajstić information content (AvgIpc) is 3.23. The fourth-order valence-corrected chi connectivity index (χ4v) is 4.45. The van der Waals surface area contributed by atoms with Crippen LogP contribution in [0.3, 0.4) is 0 Å². The van der Waals surface area contributed by atoms with Crippen molar-refractivity contribution >= 4 is 0 Å². The van der Waals surface area contributed by atoms with Gasteiger partial charge in [-0.3, -0.25) is 4.90 Å². The van der Waals surface area contributed by atoms with E-state index in [-0.39, 0.29) is 12.0 Å². The molecule has 0 aliphatic carbocycles. The molecule has 1 aliphatic heterocycles. The minimum Gasteiger partial charge on any atom is -0.494 e. The zero-order valence-electron chi connectivity index (χ0n) is 17.0. The van der Waals surface area contributed by atoms with Crippen LogP contribution in [0.1, 0.15) is 24.0 Å². The Bertz CT molecular complexity index is 925. The van der Waals surface area contributed by atoms with Crippen LogP contribution in [0, 0.1) is 5.41 Å². The lowest BCUT2D eigenvalue weighted by atomic mass is 9.75. The van der Waals surface area contributed by atoms with Gasteiger partial charge in [0.15, 0.2) is 0 Å². The Kier molecular flexibility index (Phi) is 5.97. The molecule has 29 heavy (non-hydrogen) atoms. The smallest absolute Gasteiger partial charge is 0.144 e. The number of benzene rings is 2. The molecule has 0 unspecified atom stereocenters. The average molecular weight is 392 g/mol. The van der Waals surface area contributed by atoms with Crippen LogP contribution in [-0.4, -0.2) is 46.6 Å². The van der Waals surface area contributed by atoms with Gasteiger partial charge in [0.1, 0.15) is 11.4 Å². The molecule has 0 amide bonds. The summed E-state index contributed by atoms with van der Waals surface area (Å²) < 4.78 is 7.33. The summed E-state index contributed by atoms with van der Waals surface area (Å²) in [4.78, 5) is 2.45. The van der Waals surface area contributed by atoms with Crippen LogP contribution in [-0.2, 0) is 13.0 Å². The van der Waals surface area contributed by atoms with Crippen LogP contribution in [0.2, 0.25) is 0 Å². The van der Waals surface area contributed by atoms with Crippen molar-refractivity contribution < 1.29 is 9.84 Å². The summed E-state index contributed by atoms with van der Waals surface area (Å²) in [6, 6.07) is 18.4. The first-order chi connectivity index (χ1) is 14.2. The first-order valence-electron chi connectivity index (χ1n) is 10.3. The molecule has 152 valence electrons. The maximum absolute atomic E-state index is 10.2. The van der Waals surface area contributed by atoms with Crippen LogP contribution in [0.5, 0.6) is 5.75 Å². The zero-order valence-corrected chi connectivity index (χ0v) is 17.0. The number of rotatable bonds is 7. The second-order valence-electron chi connectivity index (χ2n) is 8.10. The van der Waals surface area contributed by atoms with Crippen LogP contribution in [0.25, 0.3) is 5.69 Å². The Labute approximate surface area is 172 Å². The number of piperidine rings is 1. The number of likely N-dealkylation sites (tertiary alicyclic amines) is 1. The van der Waals surface area contributed by atoms with Crippen molar-refractivity contribution in [3.63, 3.8) is 0 Å². The highest BCUT2D eigenvalue weighted by Crippen LogP contribution is 2.34. The van der Waals surface area contributed by atoms with E-state index in [1.807, 2.05) is 41.2 Å². The highest BCUT2D eigenvalue weighted by atomic mass is 16.5. The Morgan fingerprint density at radius 1 is 1.07 bits per heavy atom. The molecule has 0 spiro atoms. The molecule has 0 radical (unpaired) electrons. The second-order valence-corrected chi connectivity index (χ2v) is 8.10. The van der Waals surface area contributed by atoms with Crippen molar-refractivity contribution in [2.45, 2.75) is 25.8 Å². The third-order valence-corrected chi connectivity index (χ3v) is 5.87. The van der Waals surface area contributed by atoms with Gasteiger partial charge in [-0.15, -0.1) is 0 Å². The van der Waals surface area contributed by atoms with Crippen molar-refractivity contribution in [3.8, 4) is 11.4 Å². The van der Waals surface area contributed by atoms with Gasteiger partial charge in [0.05, 0.1) is 19.9 Å². The van der Waals surface area contributed by atoms with E-state index in [2.05, 4.69) is 40.5 Å². The normalized spacial score (nSPS) is 19.9. The molecule has 1 aliphatic rings. The number of methoxy groups -OCH3 is 1. The number of ether oxygens (including phenoxy) is 1. The molecule has 5 nitrogen and oxygen atoms in total. The Hall–Kier alpha value is -2.63. The number of hydrogen-bond acceptors (Lipinski definition) is 4. The van der Waals surface area contributed by atoms with Crippen LogP contribution in [0.4, 0.5) is 0 Å². The van der Waals surface area contributed by atoms with Crippen molar-refractivity contribution in [2.24, 2.45) is 5.41 Å². The number of aliphatic hydroxyl groups is 1. The van der Waals surface area contributed by atoms with Gasteiger partial charge >= 0.3 is 0 Å². The molecule has 1 atom stereocenters. The molecule has 4 rings (SSSR count). The van der Waals surface area contributed by atoms with E-state index >= 15 is 0 Å². The molecule has 3 aromatic rings. The Morgan fingerprint density at radius 2 is 1.86 bits per heavy atom. The molecule has 0 saturated carbocycles. The lowest BCUT2D eigenvalue weighted by molar-refractivity contribution is 0.0288. The van der Waals surface area contributed by atoms with Gasteiger partial charge in [-0.2, -0.15) is 5.10 Å². The van der Waals surface area contributed by atoms with Gasteiger partial charge in [-0.1, -0.05) is 42.5 Å². The van der Waals surface area contributed by atoms with Gasteiger partial charge in [0.25, 0.3) is 0 Å². The third-order valence-electron chi connectivity index (χ3n) is 5.87. The minimum absolute atomic E-state index is 0.0712. The van der Waals surface area contributed by atoms with Gasteiger partial charge in [0, 0.05) is 30.3 Å². The number of para-hydroxylation sites is 2. The van der Waals surface area contributed by atoms with E-state index in [0.717, 1.165) is 50.3 Å². The maximum atomic E-state index is 10.2. The van der Waals surface area contributed by atoms with Crippen molar-refractivity contribution in [3.05, 3.63) is 78.1 Å². The molecule has 1 fully saturated rings. The maximum Gasteiger partial charge on any atom is 0.144 e. The summed E-state index contributed by atoms with van der Waals surface area (Å²) in [7, 11) is 1.68. The van der Waals surface area contributed by atoms with E-state index < -0.39 is 0 Å². The molecule has 1 aromatic heterocycles. The van der Waals surface area contributed by atoms with Gasteiger partial charge in [-0.05, 0) is 43.5 Å². The summed E-state index contributed by atoms with van der Waals surface area (Å²) >= 11 is 0. The van der Waals surface area contributed by atoms with Crippen LogP contribution < -0.4 is 4.74 Å². The molecule has 1 saturated heterocycles. The third kappa shape index (κ3) is 4.52. The zero-order chi connectivity index (χ0) is 20.1. The first kappa shape index (κ1) is 19.7. The standard InChI is InChI=1S/C24H29N3O2/c1-29-23-11-6-5-10-22(23)27-17-21(15-25-27)16-26-13-7-12-24(18-26,19-28)14-20-8-3-2-4-9-20/h2-6,8-11,15,17,28H,7,12-14,16,18-19H2,1H3/t24-/m1/s1. The highest BCUT2D eigenvalue weighted by Gasteiger charge is 2.35. The summed E-state index contributed by atoms with van der Waals surface area (Å²) in [5.74, 6) is 0.808. The highest BCUT2D eigenvalue weighted by molar-refractivity contribution is 5.46. The number of hydrogen-bond donors (Lipinski definition) is 1. The van der Waals surface area contributed by atoms with E-state index in [0.29, 0.717) is 0 Å². The fraction of sp³-hybridized carbons (Fsp3) is 0.375. The van der Waals surface area contributed by atoms with Gasteiger partial charge < -0.3 is 9.84 Å². The first-order valence-corrected chi connectivity index (χ1v) is 10.3. The molecule has 5 heteroatoms. The molecular weight excluding hydrogens is 362 g/mol. The van der Waals surface area contributed by atoms with Crippen molar-refractivity contribution in [2.75, 3.05) is 26.8 Å². The van der Waals surface area contributed by atoms with E-state index in [9.17, 15) is 5.11 Å². The van der Waals surface area contributed by atoms with E-state index in [1.165, 1.54) is 11.1 Å². The van der Waals surface area contributed by atoms with E-state index in [4.69, 9.17) is 4.74 Å². The summed E-state index contributed by atoms with van der Waals surface area (Å²) in [6.07, 6.45) is 7.09. The topological polar surface area (TPSA) is 50.5 Å². The Balaban J connectivity index is 1.46. The lowest BCUT2D eigenvalue weighted by Crippen LogP contribution is -2.46. The Morgan fingerprint density at radius 3 is 2.66 bits per heavy atom. The molecule has 1 N–H and O–H groups in total. The number of aromatic nitrogens is 2. The summed E-state index contributed by atoms with van der Waals surface area (Å²) in [5.41, 5.74) is 3.34. The fourth-order valence-electron chi connectivity index (χ4n) is 4.45. The molecule has 2 aromatic carbocycles. The minimum atomic E-state index is -0.0712. The number of nitrogens with zero attached hydrogens (tertiary/aromatic N) is 3. The molecule has 2 heterocycles. The van der Waals surface area contributed by atoms with Gasteiger partial charge in [0.2, 0.25) is 0 Å². The van der Waals surface area contributed by atoms with Crippen molar-refractivity contribution in [1.82, 2.24) is 14.7 Å². The van der Waals surface area contributed by atoms with E-state index in [1.54, 1.807) is 7.11 Å². The summed E-state index contributed by atoms with van der Waals surface area (Å²) in [5, 5.41) is 14.8. The second kappa shape index (κ2) is 8.80. The predicted octanol–water partition coefficient (Wildman–Crippen LogP) is 3.70. The quantitative estimate of drug-likeness (QED) is 0.667. The number of aliphatic hydroxyl groups excluding tert-OH is 1. The monoisotopic (exact) mass is 391 g/mol.